The van der Waals surface area contributed by atoms with Crippen molar-refractivity contribution in [1.29, 1.82) is 0 Å². The van der Waals surface area contributed by atoms with Crippen molar-refractivity contribution in [2.24, 2.45) is 0 Å². The van der Waals surface area contributed by atoms with Crippen LogP contribution in [0.2, 0.25) is 0 Å². The number of hydrogen-bond acceptors (Lipinski definition) is 7. The summed E-state index contributed by atoms with van der Waals surface area (Å²) in [5.41, 5.74) is 1.87. The Morgan fingerprint density at radius 1 is 1.19 bits per heavy atom. The lowest BCUT2D eigenvalue weighted by atomic mass is 10.2. The van der Waals surface area contributed by atoms with Gasteiger partial charge in [0.05, 0.1) is 18.1 Å². The number of anilines is 1. The van der Waals surface area contributed by atoms with Crippen molar-refractivity contribution in [3.05, 3.63) is 36.0 Å². The van der Waals surface area contributed by atoms with E-state index in [0.29, 0.717) is 18.8 Å². The number of carbonyl (C=O) groups is 1. The van der Waals surface area contributed by atoms with E-state index in [9.17, 15) is 4.79 Å². The van der Waals surface area contributed by atoms with Crippen molar-refractivity contribution in [2.75, 3.05) is 30.8 Å². The van der Waals surface area contributed by atoms with Gasteiger partial charge in [0, 0.05) is 18.8 Å². The molecule has 3 aromatic rings. The van der Waals surface area contributed by atoms with Crippen LogP contribution in [0.5, 0.6) is 5.75 Å². The molecule has 3 rings (SSSR count). The number of amides is 1. The number of hydrogen-bond donors (Lipinski definition) is 2. The van der Waals surface area contributed by atoms with E-state index >= 15 is 0 Å². The minimum atomic E-state index is -0.169. The number of nitrogens with zero attached hydrogens (tertiary/aromatic N) is 4. The average molecular weight is 443 g/mol. The van der Waals surface area contributed by atoms with Crippen molar-refractivity contribution in [2.45, 2.75) is 45.3 Å². The van der Waals surface area contributed by atoms with Crippen LogP contribution in [0.15, 0.2) is 35.6 Å². The summed E-state index contributed by atoms with van der Waals surface area (Å²) < 4.78 is 7.36. The first kappa shape index (κ1) is 22.9. The van der Waals surface area contributed by atoms with Crippen LogP contribution in [-0.4, -0.2) is 51.1 Å². The molecular formula is C22H30N6O2S. The van der Waals surface area contributed by atoms with E-state index in [-0.39, 0.29) is 12.5 Å². The van der Waals surface area contributed by atoms with Gasteiger partial charge in [-0.3, -0.25) is 4.79 Å². The molecule has 0 saturated heterocycles. The van der Waals surface area contributed by atoms with Crippen LogP contribution in [0.4, 0.5) is 5.82 Å². The molecule has 2 N–H and O–H groups in total. The average Bonchev–Trinajstić information content (AvgIpc) is 3.17. The zero-order valence-electron chi connectivity index (χ0n) is 18.4. The molecule has 8 nitrogen and oxygen atoms in total. The number of aryl methyl sites for hydroxylation is 1. The first-order chi connectivity index (χ1) is 15.1. The molecule has 0 bridgehead atoms. The Morgan fingerprint density at radius 3 is 2.84 bits per heavy atom. The van der Waals surface area contributed by atoms with E-state index in [1.807, 2.05) is 35.9 Å². The van der Waals surface area contributed by atoms with Crippen LogP contribution in [-0.2, 0) is 11.3 Å². The lowest BCUT2D eigenvalue weighted by Gasteiger charge is -2.10. The number of carbonyl (C=O) groups excluding carboxylic acids is 1. The molecule has 1 aromatic carbocycles. The molecule has 1 amide bonds. The highest BCUT2D eigenvalue weighted by molar-refractivity contribution is 7.99. The fourth-order valence-electron chi connectivity index (χ4n) is 2.94. The molecule has 0 aliphatic heterocycles. The molecule has 2 aromatic heterocycles. The molecule has 0 aliphatic rings. The standard InChI is InChI=1S/C22H30N6O2S/c1-4-9-24-20-18-14-25-28(21(18)27-22(26-20)31-12-5-2)11-10-23-19(29)15-30-17-8-6-7-16(3)13-17/h6-8,13-14H,4-5,9-12,15H2,1-3H3,(H,23,29)(H,24,26,27). The van der Waals surface area contributed by atoms with Crippen LogP contribution in [0, 0.1) is 6.92 Å². The van der Waals surface area contributed by atoms with Gasteiger partial charge < -0.3 is 15.4 Å². The third kappa shape index (κ3) is 6.58. The van der Waals surface area contributed by atoms with Gasteiger partial charge in [-0.25, -0.2) is 14.6 Å². The molecule has 31 heavy (non-hydrogen) atoms. The molecule has 0 aliphatic carbocycles. The second-order valence-electron chi connectivity index (χ2n) is 7.19. The first-order valence-electron chi connectivity index (χ1n) is 10.7. The highest BCUT2D eigenvalue weighted by atomic mass is 32.2. The normalized spacial score (nSPS) is 10.9. The molecule has 2 heterocycles. The van der Waals surface area contributed by atoms with Crippen molar-refractivity contribution < 1.29 is 9.53 Å². The van der Waals surface area contributed by atoms with Crippen molar-refractivity contribution >= 4 is 34.5 Å². The van der Waals surface area contributed by atoms with E-state index in [1.54, 1.807) is 18.0 Å². The fraction of sp³-hybridized carbons (Fsp3) is 0.455. The molecule has 0 atom stereocenters. The van der Waals surface area contributed by atoms with Crippen molar-refractivity contribution in [3.63, 3.8) is 0 Å². The van der Waals surface area contributed by atoms with Crippen molar-refractivity contribution in [1.82, 2.24) is 25.1 Å². The Hall–Kier alpha value is -2.81. The zero-order chi connectivity index (χ0) is 22.1. The zero-order valence-corrected chi connectivity index (χ0v) is 19.2. The Morgan fingerprint density at radius 2 is 2.06 bits per heavy atom. The third-order valence-corrected chi connectivity index (χ3v) is 5.51. The molecule has 9 heteroatoms. The molecular weight excluding hydrogens is 412 g/mol. The fourth-order valence-corrected chi connectivity index (χ4v) is 3.63. The van der Waals surface area contributed by atoms with Gasteiger partial charge in [-0.05, 0) is 37.5 Å². The maximum absolute atomic E-state index is 12.1. The smallest absolute Gasteiger partial charge is 0.258 e. The Labute approximate surface area is 187 Å². The minimum absolute atomic E-state index is 0.0195. The van der Waals surface area contributed by atoms with Crippen molar-refractivity contribution in [3.8, 4) is 5.75 Å². The SMILES string of the molecule is CCCNc1nc(SCCC)nc2c1cnn2CCNC(=O)COc1cccc(C)c1. The van der Waals surface area contributed by atoms with Crippen LogP contribution < -0.4 is 15.4 Å². The lowest BCUT2D eigenvalue weighted by molar-refractivity contribution is -0.123. The summed E-state index contributed by atoms with van der Waals surface area (Å²) in [5, 5.41) is 12.4. The Kier molecular flexibility index (Phi) is 8.52. The van der Waals surface area contributed by atoms with Gasteiger partial charge in [0.15, 0.2) is 17.4 Å². The largest absolute Gasteiger partial charge is 0.484 e. The summed E-state index contributed by atoms with van der Waals surface area (Å²) in [7, 11) is 0. The number of ether oxygens (including phenoxy) is 1. The lowest BCUT2D eigenvalue weighted by Crippen LogP contribution is -2.31. The second kappa shape index (κ2) is 11.5. The number of benzene rings is 1. The third-order valence-electron chi connectivity index (χ3n) is 4.46. The molecule has 0 fully saturated rings. The number of rotatable bonds is 12. The van der Waals surface area contributed by atoms with Gasteiger partial charge in [0.2, 0.25) is 0 Å². The van der Waals surface area contributed by atoms with Gasteiger partial charge >= 0.3 is 0 Å². The van der Waals surface area contributed by atoms with Gasteiger partial charge in [0.1, 0.15) is 11.6 Å². The summed E-state index contributed by atoms with van der Waals surface area (Å²) in [4.78, 5) is 21.5. The highest BCUT2D eigenvalue weighted by Gasteiger charge is 2.13. The van der Waals surface area contributed by atoms with E-state index in [1.165, 1.54) is 0 Å². The summed E-state index contributed by atoms with van der Waals surface area (Å²) in [6, 6.07) is 7.64. The molecule has 0 unspecified atom stereocenters. The van der Waals surface area contributed by atoms with Crippen LogP contribution in [0.3, 0.4) is 0 Å². The Bertz CT molecular complexity index is 1010. The topological polar surface area (TPSA) is 94.0 Å². The molecule has 166 valence electrons. The van der Waals surface area contributed by atoms with E-state index in [4.69, 9.17) is 9.72 Å². The Balaban J connectivity index is 1.60. The first-order valence-corrected chi connectivity index (χ1v) is 11.7. The number of fused-ring (bicyclic) bond motifs is 1. The predicted molar refractivity (Wildman–Crippen MR) is 125 cm³/mol. The van der Waals surface area contributed by atoms with E-state index < -0.39 is 0 Å². The summed E-state index contributed by atoms with van der Waals surface area (Å²) in [5.74, 6) is 2.29. The maximum atomic E-state index is 12.1. The molecule has 0 radical (unpaired) electrons. The van der Waals surface area contributed by atoms with Gasteiger partial charge in [-0.15, -0.1) is 0 Å². The number of aromatic nitrogens is 4. The van der Waals surface area contributed by atoms with E-state index in [2.05, 4.69) is 34.6 Å². The number of nitrogens with one attached hydrogen (secondary N) is 2. The van der Waals surface area contributed by atoms with Gasteiger partial charge in [-0.1, -0.05) is 37.7 Å². The second-order valence-corrected chi connectivity index (χ2v) is 8.25. The maximum Gasteiger partial charge on any atom is 0.258 e. The molecule has 0 spiro atoms. The quantitative estimate of drug-likeness (QED) is 0.327. The minimum Gasteiger partial charge on any atom is -0.484 e. The summed E-state index contributed by atoms with van der Waals surface area (Å²) in [6.07, 6.45) is 3.84. The van der Waals surface area contributed by atoms with Gasteiger partial charge in [-0.2, -0.15) is 5.10 Å². The van der Waals surface area contributed by atoms with Crippen LogP contribution in [0.25, 0.3) is 11.0 Å². The predicted octanol–water partition coefficient (Wildman–Crippen LogP) is 3.65. The van der Waals surface area contributed by atoms with Crippen LogP contribution >= 0.6 is 11.8 Å². The van der Waals surface area contributed by atoms with E-state index in [0.717, 1.165) is 52.7 Å². The molecule has 0 saturated carbocycles. The summed E-state index contributed by atoms with van der Waals surface area (Å²) >= 11 is 1.64. The van der Waals surface area contributed by atoms with Crippen LogP contribution in [0.1, 0.15) is 32.3 Å². The van der Waals surface area contributed by atoms with Gasteiger partial charge in [0.25, 0.3) is 5.91 Å². The summed E-state index contributed by atoms with van der Waals surface area (Å²) in [6.45, 7) is 8.01. The monoisotopic (exact) mass is 442 g/mol. The highest BCUT2D eigenvalue weighted by Crippen LogP contribution is 2.24. The number of thioether (sulfide) groups is 1.